The lowest BCUT2D eigenvalue weighted by Crippen LogP contribution is -2.44. The highest BCUT2D eigenvalue weighted by molar-refractivity contribution is 7.99. The maximum atomic E-state index is 12.7. The van der Waals surface area contributed by atoms with E-state index in [4.69, 9.17) is 4.74 Å². The van der Waals surface area contributed by atoms with Gasteiger partial charge in [0.1, 0.15) is 17.9 Å². The molecule has 2 amide bonds. The van der Waals surface area contributed by atoms with Crippen molar-refractivity contribution >= 4 is 23.6 Å². The maximum absolute atomic E-state index is 12.7. The third kappa shape index (κ3) is 5.40. The van der Waals surface area contributed by atoms with Gasteiger partial charge in [0.15, 0.2) is 11.8 Å². The zero-order chi connectivity index (χ0) is 15.8. The Hall–Kier alpha value is -2.62. The SMILES string of the molecule is O=C(COc1ccc(F)cc1)NNC(=O)CSc1ncn[nH]1. The molecule has 116 valence electrons. The van der Waals surface area contributed by atoms with Gasteiger partial charge in [-0.3, -0.25) is 25.5 Å². The van der Waals surface area contributed by atoms with Crippen molar-refractivity contribution in [1.29, 1.82) is 0 Å². The molecule has 1 aromatic heterocycles. The Morgan fingerprint density at radius 3 is 2.64 bits per heavy atom. The van der Waals surface area contributed by atoms with Crippen LogP contribution in [0, 0.1) is 5.82 Å². The van der Waals surface area contributed by atoms with E-state index in [9.17, 15) is 14.0 Å². The van der Waals surface area contributed by atoms with Crippen LogP contribution in [-0.2, 0) is 9.59 Å². The first-order valence-corrected chi connectivity index (χ1v) is 7.06. The number of hydrogen-bond acceptors (Lipinski definition) is 6. The predicted octanol–water partition coefficient (Wildman–Crippen LogP) is 0.262. The minimum atomic E-state index is -0.539. The normalized spacial score (nSPS) is 10.0. The number of nitrogens with one attached hydrogen (secondary N) is 3. The van der Waals surface area contributed by atoms with Crippen molar-refractivity contribution in [3.05, 3.63) is 36.4 Å². The Morgan fingerprint density at radius 1 is 1.23 bits per heavy atom. The van der Waals surface area contributed by atoms with Crippen LogP contribution in [0.2, 0.25) is 0 Å². The van der Waals surface area contributed by atoms with Crippen LogP contribution in [0.1, 0.15) is 0 Å². The van der Waals surface area contributed by atoms with Crippen LogP contribution in [-0.4, -0.2) is 39.4 Å². The van der Waals surface area contributed by atoms with Gasteiger partial charge >= 0.3 is 0 Å². The molecule has 2 aromatic rings. The van der Waals surface area contributed by atoms with Crippen molar-refractivity contribution in [2.24, 2.45) is 0 Å². The van der Waals surface area contributed by atoms with Gasteiger partial charge in [0.05, 0.1) is 5.75 Å². The molecular formula is C12H12FN5O3S. The standard InChI is InChI=1S/C12H12FN5O3S/c13-8-1-3-9(4-2-8)21-5-10(19)16-17-11(20)6-22-12-14-7-15-18-12/h1-4,7H,5-6H2,(H,16,19)(H,17,20)(H,14,15,18). The average Bonchev–Trinajstić information content (AvgIpc) is 3.04. The number of carbonyl (C=O) groups is 2. The van der Waals surface area contributed by atoms with E-state index >= 15 is 0 Å². The van der Waals surface area contributed by atoms with Crippen molar-refractivity contribution in [1.82, 2.24) is 26.0 Å². The zero-order valence-electron chi connectivity index (χ0n) is 11.2. The van der Waals surface area contributed by atoms with E-state index in [-0.39, 0.29) is 12.4 Å². The van der Waals surface area contributed by atoms with Gasteiger partial charge in [-0.05, 0) is 24.3 Å². The average molecular weight is 325 g/mol. The molecule has 10 heteroatoms. The number of thioether (sulfide) groups is 1. The van der Waals surface area contributed by atoms with E-state index < -0.39 is 17.6 Å². The molecule has 0 atom stereocenters. The topological polar surface area (TPSA) is 109 Å². The van der Waals surface area contributed by atoms with Crippen molar-refractivity contribution in [2.45, 2.75) is 5.16 Å². The summed E-state index contributed by atoms with van der Waals surface area (Å²) >= 11 is 1.14. The Kier molecular flexibility index (Phi) is 5.72. The molecule has 0 aliphatic carbocycles. The number of nitrogens with zero attached hydrogens (tertiary/aromatic N) is 2. The number of hydrazine groups is 1. The third-order valence-corrected chi connectivity index (χ3v) is 3.13. The summed E-state index contributed by atoms with van der Waals surface area (Å²) in [7, 11) is 0. The van der Waals surface area contributed by atoms with Crippen LogP contribution < -0.4 is 15.6 Å². The fourth-order valence-corrected chi connectivity index (χ4v) is 1.87. The monoisotopic (exact) mass is 325 g/mol. The van der Waals surface area contributed by atoms with Crippen molar-refractivity contribution < 1.29 is 18.7 Å². The number of aromatic nitrogens is 3. The van der Waals surface area contributed by atoms with Gasteiger partial charge in [0, 0.05) is 0 Å². The summed E-state index contributed by atoms with van der Waals surface area (Å²) in [6, 6.07) is 5.23. The first kappa shape index (κ1) is 15.8. The molecule has 1 heterocycles. The highest BCUT2D eigenvalue weighted by Crippen LogP contribution is 2.10. The van der Waals surface area contributed by atoms with Gasteiger partial charge in [0.25, 0.3) is 5.91 Å². The Morgan fingerprint density at radius 2 is 1.95 bits per heavy atom. The molecule has 0 saturated carbocycles. The van der Waals surface area contributed by atoms with E-state index in [0.29, 0.717) is 10.9 Å². The molecule has 0 aliphatic rings. The number of amides is 2. The lowest BCUT2D eigenvalue weighted by Gasteiger charge is -2.08. The van der Waals surface area contributed by atoms with Crippen LogP contribution in [0.25, 0.3) is 0 Å². The Bertz CT molecular complexity index is 620. The molecular weight excluding hydrogens is 313 g/mol. The molecule has 22 heavy (non-hydrogen) atoms. The highest BCUT2D eigenvalue weighted by Gasteiger charge is 2.07. The predicted molar refractivity (Wildman–Crippen MR) is 75.3 cm³/mol. The Labute approximate surface area is 128 Å². The first-order valence-electron chi connectivity index (χ1n) is 6.07. The lowest BCUT2D eigenvalue weighted by molar-refractivity contribution is -0.128. The molecule has 1 aromatic carbocycles. The van der Waals surface area contributed by atoms with Crippen LogP contribution in [0.5, 0.6) is 5.75 Å². The van der Waals surface area contributed by atoms with Crippen LogP contribution in [0.4, 0.5) is 4.39 Å². The van der Waals surface area contributed by atoms with Gasteiger partial charge in [-0.2, -0.15) is 5.10 Å². The molecule has 2 rings (SSSR count). The molecule has 0 unspecified atom stereocenters. The van der Waals surface area contributed by atoms with Gasteiger partial charge in [0.2, 0.25) is 5.91 Å². The van der Waals surface area contributed by atoms with E-state index in [2.05, 4.69) is 26.0 Å². The smallest absolute Gasteiger partial charge is 0.276 e. The summed E-state index contributed by atoms with van der Waals surface area (Å²) in [5.74, 6) is -0.926. The molecule has 0 spiro atoms. The maximum Gasteiger partial charge on any atom is 0.276 e. The van der Waals surface area contributed by atoms with Crippen LogP contribution in [0.3, 0.4) is 0 Å². The summed E-state index contributed by atoms with van der Waals surface area (Å²) in [5, 5.41) is 6.72. The largest absolute Gasteiger partial charge is 0.484 e. The summed E-state index contributed by atoms with van der Waals surface area (Å²) in [6.07, 6.45) is 1.33. The number of hydrogen-bond donors (Lipinski definition) is 3. The number of halogens is 1. The molecule has 0 radical (unpaired) electrons. The van der Waals surface area contributed by atoms with Crippen molar-refractivity contribution in [3.8, 4) is 5.75 Å². The summed E-state index contributed by atoms with van der Waals surface area (Å²) in [4.78, 5) is 26.8. The van der Waals surface area contributed by atoms with Crippen molar-refractivity contribution in [2.75, 3.05) is 12.4 Å². The quantitative estimate of drug-likeness (QED) is 0.519. The molecule has 0 fully saturated rings. The molecule has 8 nitrogen and oxygen atoms in total. The summed E-state index contributed by atoms with van der Waals surface area (Å²) in [5.41, 5.74) is 4.43. The van der Waals surface area contributed by atoms with Crippen LogP contribution in [0.15, 0.2) is 35.7 Å². The molecule has 0 aliphatic heterocycles. The summed E-state index contributed by atoms with van der Waals surface area (Å²) < 4.78 is 17.8. The van der Waals surface area contributed by atoms with Gasteiger partial charge in [-0.25, -0.2) is 9.37 Å². The summed E-state index contributed by atoms with van der Waals surface area (Å²) in [6.45, 7) is -0.304. The number of ether oxygens (including phenoxy) is 1. The first-order chi connectivity index (χ1) is 10.6. The second-order valence-corrected chi connectivity index (χ2v) is 4.88. The third-order valence-electron chi connectivity index (χ3n) is 2.26. The van der Waals surface area contributed by atoms with Gasteiger partial charge in [-0.15, -0.1) is 0 Å². The van der Waals surface area contributed by atoms with Crippen LogP contribution >= 0.6 is 11.8 Å². The number of rotatable bonds is 6. The number of carbonyl (C=O) groups excluding carboxylic acids is 2. The van der Waals surface area contributed by atoms with E-state index in [1.807, 2.05) is 0 Å². The van der Waals surface area contributed by atoms with Crippen molar-refractivity contribution in [3.63, 3.8) is 0 Å². The van der Waals surface area contributed by atoms with E-state index in [0.717, 1.165) is 11.8 Å². The molecule has 3 N–H and O–H groups in total. The fourth-order valence-electron chi connectivity index (χ4n) is 1.29. The fraction of sp³-hybridized carbons (Fsp3) is 0.167. The number of H-pyrrole nitrogens is 1. The second kappa shape index (κ2) is 7.98. The highest BCUT2D eigenvalue weighted by atomic mass is 32.2. The lowest BCUT2D eigenvalue weighted by atomic mass is 10.3. The number of aromatic amines is 1. The van der Waals surface area contributed by atoms with Gasteiger partial charge in [-0.1, -0.05) is 11.8 Å². The van der Waals surface area contributed by atoms with E-state index in [1.54, 1.807) is 0 Å². The minimum Gasteiger partial charge on any atom is -0.484 e. The zero-order valence-corrected chi connectivity index (χ0v) is 12.0. The molecule has 0 saturated heterocycles. The van der Waals surface area contributed by atoms with E-state index in [1.165, 1.54) is 30.6 Å². The molecule has 0 bridgehead atoms. The van der Waals surface area contributed by atoms with Gasteiger partial charge < -0.3 is 4.74 Å². The Balaban J connectivity index is 1.62. The minimum absolute atomic E-state index is 0.0638. The second-order valence-electron chi connectivity index (χ2n) is 3.92. The number of benzene rings is 1.